The second kappa shape index (κ2) is 19.0. The Morgan fingerprint density at radius 2 is 0.903 bits per heavy atom. The molecule has 0 radical (unpaired) electrons. The van der Waals surface area contributed by atoms with Crippen LogP contribution in [0.25, 0.3) is 0 Å². The van der Waals surface area contributed by atoms with Gasteiger partial charge in [-0.25, -0.2) is 0 Å². The fourth-order valence-corrected chi connectivity index (χ4v) is 7.10. The van der Waals surface area contributed by atoms with E-state index in [1.54, 1.807) is 100 Å². The minimum Gasteiger partial charge on any atom is -0.457 e. The van der Waals surface area contributed by atoms with Gasteiger partial charge in [0.2, 0.25) is 12.2 Å². The van der Waals surface area contributed by atoms with Gasteiger partial charge in [-0.05, 0) is 71.2 Å². The first kappa shape index (κ1) is 47.1. The van der Waals surface area contributed by atoms with Crippen molar-refractivity contribution in [3.63, 3.8) is 0 Å². The number of nitriles is 2. The molecule has 8 nitrogen and oxygen atoms in total. The molecule has 6 rings (SSSR count). The number of esters is 2. The maximum absolute atomic E-state index is 12.7. The van der Waals surface area contributed by atoms with Crippen molar-refractivity contribution >= 4 is 35.1 Å². The average molecular weight is 900 g/mol. The maximum Gasteiger partial charge on any atom is 0.426 e. The van der Waals surface area contributed by atoms with E-state index in [0.29, 0.717) is 34.1 Å². The van der Waals surface area contributed by atoms with Crippen molar-refractivity contribution in [1.29, 1.82) is 10.5 Å². The number of alkyl halides is 6. The molecule has 0 saturated heterocycles. The van der Waals surface area contributed by atoms with Crippen molar-refractivity contribution in [1.82, 2.24) is 0 Å². The van der Waals surface area contributed by atoms with Crippen molar-refractivity contribution in [2.24, 2.45) is 34.5 Å². The number of hydrogen-bond donors (Lipinski definition) is 0. The monoisotopic (exact) mass is 898 g/mol. The number of ether oxygens (including phenoxy) is 4. The molecule has 0 heterocycles. The van der Waals surface area contributed by atoms with Crippen LogP contribution in [0.3, 0.4) is 0 Å². The molecule has 62 heavy (non-hydrogen) atoms. The Kier molecular flexibility index (Phi) is 14.4. The summed E-state index contributed by atoms with van der Waals surface area (Å²) in [5.41, 5.74) is -0.743. The van der Waals surface area contributed by atoms with Crippen LogP contribution >= 0.6 is 23.2 Å². The molecule has 0 aromatic heterocycles. The van der Waals surface area contributed by atoms with Gasteiger partial charge >= 0.3 is 24.3 Å². The van der Waals surface area contributed by atoms with E-state index in [1.807, 2.05) is 48.5 Å². The van der Waals surface area contributed by atoms with Gasteiger partial charge in [-0.2, -0.15) is 36.9 Å². The molecule has 2 saturated carbocycles. The van der Waals surface area contributed by atoms with Gasteiger partial charge < -0.3 is 18.9 Å². The third kappa shape index (κ3) is 11.7. The Hall–Kier alpha value is -5.96. The van der Waals surface area contributed by atoms with Gasteiger partial charge in [0.05, 0.1) is 11.8 Å². The lowest BCUT2D eigenvalue weighted by atomic mass is 10.1. The van der Waals surface area contributed by atoms with Crippen LogP contribution in [0.4, 0.5) is 26.3 Å². The second-order valence-electron chi connectivity index (χ2n) is 15.5. The maximum atomic E-state index is 12.7. The van der Waals surface area contributed by atoms with E-state index >= 15 is 0 Å². The summed E-state index contributed by atoms with van der Waals surface area (Å²) in [4.78, 5) is 25.2. The van der Waals surface area contributed by atoms with Crippen LogP contribution in [-0.2, 0) is 19.1 Å². The first-order valence-corrected chi connectivity index (χ1v) is 19.6. The first-order chi connectivity index (χ1) is 29.1. The quantitative estimate of drug-likeness (QED) is 0.102. The van der Waals surface area contributed by atoms with Crippen LogP contribution in [0, 0.1) is 57.2 Å². The predicted molar refractivity (Wildman–Crippen MR) is 216 cm³/mol. The van der Waals surface area contributed by atoms with E-state index in [2.05, 4.69) is 0 Å². The van der Waals surface area contributed by atoms with Gasteiger partial charge in [-0.3, -0.25) is 9.59 Å². The van der Waals surface area contributed by atoms with Crippen LogP contribution in [0.15, 0.2) is 131 Å². The normalized spacial score (nSPS) is 21.0. The fraction of sp³-hybridized carbons (Fsp3) is 0.304. The molecule has 2 aliphatic carbocycles. The van der Waals surface area contributed by atoms with Crippen molar-refractivity contribution in [3.8, 4) is 35.1 Å². The molecule has 0 bridgehead atoms. The summed E-state index contributed by atoms with van der Waals surface area (Å²) < 4.78 is 98.5. The van der Waals surface area contributed by atoms with Crippen LogP contribution in [-0.4, -0.2) is 24.3 Å². The summed E-state index contributed by atoms with van der Waals surface area (Å²) in [6.07, 6.45) is -10.1. The molecule has 16 heteroatoms. The molecule has 0 N–H and O–H groups in total. The molecule has 0 amide bonds. The highest BCUT2D eigenvalue weighted by molar-refractivity contribution is 6.30. The number of allylic oxidation sites excluding steroid dienone is 4. The summed E-state index contributed by atoms with van der Waals surface area (Å²) >= 11 is 10.6. The number of nitrogens with zero attached hydrogens (tertiary/aromatic N) is 2. The van der Waals surface area contributed by atoms with Gasteiger partial charge in [-0.1, -0.05) is 124 Å². The van der Waals surface area contributed by atoms with Crippen LogP contribution in [0.2, 0.25) is 0 Å². The SMILES string of the molecule is CC1(C)[C@H](/C=C(\Cl)C(F)(F)F)[C@@H]1C(=O)OC(C#N)c1cccc(Oc2ccccc2)c1.CC1(C)[C@H](C(=O)OC(C#N)c2cccc(Oc3ccccc3)c2)[C@@H]1/C=C(\Cl)C(F)(F)F. The molecule has 4 aromatic carbocycles. The third-order valence-electron chi connectivity index (χ3n) is 10.5. The zero-order valence-corrected chi connectivity index (χ0v) is 34.9. The predicted octanol–water partition coefficient (Wildman–Crippen LogP) is 13.1. The molecule has 2 aliphatic rings. The summed E-state index contributed by atoms with van der Waals surface area (Å²) in [6, 6.07) is 34.9. The number of halogens is 8. The highest BCUT2D eigenvalue weighted by Crippen LogP contribution is 2.62. The molecule has 2 fully saturated rings. The lowest BCUT2D eigenvalue weighted by Crippen LogP contribution is -2.14. The number of rotatable bonds is 12. The average Bonchev–Trinajstić information content (AvgIpc) is 3.99. The topological polar surface area (TPSA) is 119 Å². The number of benzene rings is 4. The van der Waals surface area contributed by atoms with Crippen LogP contribution in [0.5, 0.6) is 23.0 Å². The van der Waals surface area contributed by atoms with Gasteiger partial charge in [0.25, 0.3) is 0 Å². The smallest absolute Gasteiger partial charge is 0.426 e. The van der Waals surface area contributed by atoms with Gasteiger partial charge in [0.1, 0.15) is 45.2 Å². The third-order valence-corrected chi connectivity index (χ3v) is 11.2. The van der Waals surface area contributed by atoms with Crippen molar-refractivity contribution in [2.45, 2.75) is 52.3 Å². The van der Waals surface area contributed by atoms with E-state index in [4.69, 9.17) is 42.1 Å². The zero-order valence-electron chi connectivity index (χ0n) is 33.4. The number of carbonyl (C=O) groups excluding carboxylic acids is 2. The van der Waals surface area contributed by atoms with E-state index in [1.165, 1.54) is 0 Å². The highest BCUT2D eigenvalue weighted by atomic mass is 35.5. The summed E-state index contributed by atoms with van der Waals surface area (Å²) in [6.45, 7) is 6.60. The van der Waals surface area contributed by atoms with Crippen molar-refractivity contribution < 1.29 is 54.9 Å². The molecule has 0 spiro atoms. The minimum atomic E-state index is -4.68. The molecule has 2 unspecified atom stereocenters. The molecule has 0 aliphatic heterocycles. The molecule has 6 atom stereocenters. The van der Waals surface area contributed by atoms with Crippen molar-refractivity contribution in [2.75, 3.05) is 0 Å². The van der Waals surface area contributed by atoms with E-state index in [-0.39, 0.29) is 0 Å². The summed E-state index contributed by atoms with van der Waals surface area (Å²) in [5.74, 6) is -2.54. The Balaban J connectivity index is 0.000000234. The van der Waals surface area contributed by atoms with E-state index in [9.17, 15) is 46.5 Å². The van der Waals surface area contributed by atoms with Gasteiger partial charge in [-0.15, -0.1) is 0 Å². The second-order valence-corrected chi connectivity index (χ2v) is 16.4. The summed E-state index contributed by atoms with van der Waals surface area (Å²) in [7, 11) is 0. The molecular formula is C46H38Cl2F6N2O6. The van der Waals surface area contributed by atoms with E-state index in [0.717, 1.165) is 12.2 Å². The van der Waals surface area contributed by atoms with Crippen LogP contribution < -0.4 is 9.47 Å². The molecular weight excluding hydrogens is 861 g/mol. The van der Waals surface area contributed by atoms with E-state index < -0.39 is 81.1 Å². The van der Waals surface area contributed by atoms with Crippen LogP contribution in [0.1, 0.15) is 51.0 Å². The number of hydrogen-bond acceptors (Lipinski definition) is 8. The van der Waals surface area contributed by atoms with Crippen molar-refractivity contribution in [3.05, 3.63) is 143 Å². The molecule has 324 valence electrons. The Morgan fingerprint density at radius 3 is 1.21 bits per heavy atom. The molecule has 4 aromatic rings. The lowest BCUT2D eigenvalue weighted by molar-refractivity contribution is -0.150. The standard InChI is InChI=1S/2C23H19ClF3NO3/c2*1-22(2)17(12-19(24)23(25,26)27)20(22)21(29)31-18(13-28)14-7-6-10-16(11-14)30-15-8-4-3-5-9-15/h2*3-12,17-18,20H,1-2H3/b2*19-12-/t2*17-,18?,20-/m10/s1. The summed E-state index contributed by atoms with van der Waals surface area (Å²) in [5, 5.41) is 16.5. The highest BCUT2D eigenvalue weighted by Gasteiger charge is 2.63. The Labute approximate surface area is 363 Å². The lowest BCUT2D eigenvalue weighted by Gasteiger charge is -2.13. The fourth-order valence-electron chi connectivity index (χ4n) is 6.83. The Bertz CT molecular complexity index is 2220. The largest absolute Gasteiger partial charge is 0.457 e. The van der Waals surface area contributed by atoms with Gasteiger partial charge in [0.15, 0.2) is 0 Å². The first-order valence-electron chi connectivity index (χ1n) is 18.8. The van der Waals surface area contributed by atoms with Gasteiger partial charge in [0, 0.05) is 11.1 Å². The number of carbonyl (C=O) groups is 2. The zero-order chi connectivity index (χ0) is 45.6. The number of para-hydroxylation sites is 2. The minimum absolute atomic E-state index is 0.392. The Morgan fingerprint density at radius 1 is 0.581 bits per heavy atom.